The normalized spacial score (nSPS) is 15.3. The molecule has 1 amide bonds. The zero-order valence-electron chi connectivity index (χ0n) is 16.5. The average Bonchev–Trinajstić information content (AvgIpc) is 2.95. The number of aryl methyl sites for hydroxylation is 1. The molecule has 3 rings (SSSR count). The van der Waals surface area contributed by atoms with Crippen molar-refractivity contribution in [1.29, 1.82) is 0 Å². The van der Waals surface area contributed by atoms with E-state index in [0.717, 1.165) is 15.6 Å². The molecule has 1 saturated heterocycles. The molecule has 0 bridgehead atoms. The van der Waals surface area contributed by atoms with E-state index in [9.17, 15) is 4.79 Å². The van der Waals surface area contributed by atoms with Gasteiger partial charge in [0.15, 0.2) is 11.5 Å². The second-order valence-corrected chi connectivity index (χ2v) is 8.99. The molecule has 0 saturated carbocycles. The van der Waals surface area contributed by atoms with Gasteiger partial charge in [-0.25, -0.2) is 0 Å². The van der Waals surface area contributed by atoms with Crippen molar-refractivity contribution in [3.8, 4) is 11.5 Å². The van der Waals surface area contributed by atoms with Crippen LogP contribution in [0.5, 0.6) is 11.5 Å². The van der Waals surface area contributed by atoms with Gasteiger partial charge in [0, 0.05) is 6.54 Å². The number of carbonyl (C=O) groups excluding carboxylic acids is 1. The highest BCUT2D eigenvalue weighted by molar-refractivity contribution is 9.10. The second kappa shape index (κ2) is 9.78. The van der Waals surface area contributed by atoms with E-state index < -0.39 is 0 Å². The number of benzene rings is 2. The molecule has 1 fully saturated rings. The summed E-state index contributed by atoms with van der Waals surface area (Å²) < 4.78 is 13.2. The number of likely N-dealkylation sites (N-methyl/N-ethyl adjacent to an activating group) is 1. The smallest absolute Gasteiger partial charge is 0.266 e. The minimum Gasteiger partial charge on any atom is -0.490 e. The Balaban J connectivity index is 1.86. The third-order valence-electron chi connectivity index (χ3n) is 4.32. The fourth-order valence-corrected chi connectivity index (χ4v) is 4.80. The highest BCUT2D eigenvalue weighted by atomic mass is 79.9. The Kier molecular flexibility index (Phi) is 7.38. The highest BCUT2D eigenvalue weighted by Crippen LogP contribution is 2.39. The molecule has 2 aromatic carbocycles. The minimum atomic E-state index is -0.0590. The van der Waals surface area contributed by atoms with Crippen LogP contribution >= 0.6 is 39.9 Å². The number of rotatable bonds is 7. The number of hydrogen-bond donors (Lipinski definition) is 0. The van der Waals surface area contributed by atoms with E-state index in [1.807, 2.05) is 44.2 Å². The Labute approximate surface area is 189 Å². The molecule has 2 aromatic rings. The molecule has 1 aliphatic rings. The zero-order chi connectivity index (χ0) is 21.0. The number of halogens is 1. The van der Waals surface area contributed by atoms with Crippen LogP contribution in [0, 0.1) is 6.92 Å². The molecule has 7 heteroatoms. The molecule has 0 unspecified atom stereocenters. The van der Waals surface area contributed by atoms with Gasteiger partial charge in [0.25, 0.3) is 5.91 Å². The average molecular weight is 492 g/mol. The molecular weight excluding hydrogens is 470 g/mol. The number of thiocarbonyl (C=S) groups is 1. The largest absolute Gasteiger partial charge is 0.490 e. The third-order valence-corrected chi connectivity index (χ3v) is 6.29. The van der Waals surface area contributed by atoms with Gasteiger partial charge in [0.05, 0.1) is 16.0 Å². The maximum Gasteiger partial charge on any atom is 0.266 e. The maximum absolute atomic E-state index is 12.5. The van der Waals surface area contributed by atoms with Crippen molar-refractivity contribution in [2.24, 2.45) is 0 Å². The van der Waals surface area contributed by atoms with Crippen LogP contribution in [0.15, 0.2) is 45.8 Å². The van der Waals surface area contributed by atoms with Crippen LogP contribution in [0.25, 0.3) is 6.08 Å². The van der Waals surface area contributed by atoms with Gasteiger partial charge in [-0.15, -0.1) is 0 Å². The second-order valence-electron chi connectivity index (χ2n) is 6.46. The fraction of sp³-hybridized carbons (Fsp3) is 0.273. The van der Waals surface area contributed by atoms with Crippen LogP contribution in [0.1, 0.15) is 30.5 Å². The van der Waals surface area contributed by atoms with Gasteiger partial charge in [-0.05, 0) is 66.0 Å². The van der Waals surface area contributed by atoms with Gasteiger partial charge >= 0.3 is 0 Å². The van der Waals surface area contributed by atoms with Crippen molar-refractivity contribution >= 4 is 56.2 Å². The molecule has 1 aliphatic heterocycles. The molecule has 152 valence electrons. The van der Waals surface area contributed by atoms with Crippen LogP contribution in [0.3, 0.4) is 0 Å². The van der Waals surface area contributed by atoms with Crippen molar-refractivity contribution in [1.82, 2.24) is 4.90 Å². The first kappa shape index (κ1) is 21.9. The predicted molar refractivity (Wildman–Crippen MR) is 126 cm³/mol. The molecule has 0 N–H and O–H groups in total. The molecule has 0 atom stereocenters. The molecule has 29 heavy (non-hydrogen) atoms. The Hall–Kier alpha value is -1.83. The first-order chi connectivity index (χ1) is 13.9. The van der Waals surface area contributed by atoms with Crippen LogP contribution in [-0.4, -0.2) is 28.3 Å². The molecule has 0 aromatic heterocycles. The van der Waals surface area contributed by atoms with E-state index in [4.69, 9.17) is 21.7 Å². The number of hydrogen-bond acceptors (Lipinski definition) is 5. The minimum absolute atomic E-state index is 0.0590. The van der Waals surface area contributed by atoms with Crippen molar-refractivity contribution in [2.45, 2.75) is 27.4 Å². The molecule has 0 radical (unpaired) electrons. The molecule has 4 nitrogen and oxygen atoms in total. The number of amides is 1. The van der Waals surface area contributed by atoms with Gasteiger partial charge in [-0.2, -0.15) is 0 Å². The van der Waals surface area contributed by atoms with Gasteiger partial charge < -0.3 is 9.47 Å². The van der Waals surface area contributed by atoms with Gasteiger partial charge in [0.2, 0.25) is 0 Å². The van der Waals surface area contributed by atoms with Gasteiger partial charge in [-0.1, -0.05) is 53.8 Å². The Morgan fingerprint density at radius 1 is 1.17 bits per heavy atom. The van der Waals surface area contributed by atoms with E-state index in [2.05, 4.69) is 35.0 Å². The summed E-state index contributed by atoms with van der Waals surface area (Å²) in [6, 6.07) is 12.0. The van der Waals surface area contributed by atoms with Crippen molar-refractivity contribution in [3.63, 3.8) is 0 Å². The molecule has 0 spiro atoms. The Morgan fingerprint density at radius 3 is 2.52 bits per heavy atom. The van der Waals surface area contributed by atoms with Crippen LogP contribution in [-0.2, 0) is 11.4 Å². The number of nitrogens with zero attached hydrogens (tertiary/aromatic N) is 1. The molecule has 0 aliphatic carbocycles. The lowest BCUT2D eigenvalue weighted by atomic mass is 10.1. The van der Waals surface area contributed by atoms with Crippen molar-refractivity contribution < 1.29 is 14.3 Å². The summed E-state index contributed by atoms with van der Waals surface area (Å²) in [5.74, 6) is 1.22. The molecule has 1 heterocycles. The number of thioether (sulfide) groups is 1. The summed E-state index contributed by atoms with van der Waals surface area (Å²) in [7, 11) is 0. The van der Waals surface area contributed by atoms with E-state index >= 15 is 0 Å². The summed E-state index contributed by atoms with van der Waals surface area (Å²) in [6.45, 7) is 7.42. The molecular formula is C22H22BrNO3S2. The fourth-order valence-electron chi connectivity index (χ4n) is 2.84. The van der Waals surface area contributed by atoms with Crippen LogP contribution in [0.4, 0.5) is 0 Å². The summed E-state index contributed by atoms with van der Waals surface area (Å²) in [5.41, 5.74) is 3.14. The zero-order valence-corrected chi connectivity index (χ0v) is 19.7. The van der Waals surface area contributed by atoms with E-state index in [-0.39, 0.29) is 5.91 Å². The SMILES string of the molecule is CCOc1cc(C=C2SC(=S)N(CC)C2=O)cc(Br)c1OCc1ccc(C)cc1. The summed E-state index contributed by atoms with van der Waals surface area (Å²) in [6.07, 6.45) is 1.84. The topological polar surface area (TPSA) is 38.8 Å². The first-order valence-electron chi connectivity index (χ1n) is 9.33. The lowest BCUT2D eigenvalue weighted by Crippen LogP contribution is -2.27. The summed E-state index contributed by atoms with van der Waals surface area (Å²) in [4.78, 5) is 14.7. The van der Waals surface area contributed by atoms with Gasteiger partial charge in [-0.3, -0.25) is 9.69 Å². The first-order valence-corrected chi connectivity index (χ1v) is 11.3. The lowest BCUT2D eigenvalue weighted by molar-refractivity contribution is -0.121. The predicted octanol–water partition coefficient (Wildman–Crippen LogP) is 5.96. The summed E-state index contributed by atoms with van der Waals surface area (Å²) >= 11 is 10.2. The maximum atomic E-state index is 12.5. The van der Waals surface area contributed by atoms with Gasteiger partial charge in [0.1, 0.15) is 10.9 Å². The van der Waals surface area contributed by atoms with E-state index in [1.165, 1.54) is 17.3 Å². The lowest BCUT2D eigenvalue weighted by Gasteiger charge is -2.15. The quantitative estimate of drug-likeness (QED) is 0.353. The van der Waals surface area contributed by atoms with Crippen LogP contribution < -0.4 is 9.47 Å². The Morgan fingerprint density at radius 2 is 1.90 bits per heavy atom. The summed E-state index contributed by atoms with van der Waals surface area (Å²) in [5, 5.41) is 0. The van der Waals surface area contributed by atoms with Crippen molar-refractivity contribution in [3.05, 3.63) is 62.5 Å². The Bertz CT molecular complexity index is 957. The standard InChI is InChI=1S/C22H22BrNO3S2/c1-4-24-21(25)19(29-22(24)28)12-16-10-17(23)20(18(11-16)26-5-2)27-13-15-8-6-14(3)7-9-15/h6-12H,4-5,13H2,1-3H3. The van der Waals surface area contributed by atoms with Crippen LogP contribution in [0.2, 0.25) is 0 Å². The monoisotopic (exact) mass is 491 g/mol. The number of ether oxygens (including phenoxy) is 2. The highest BCUT2D eigenvalue weighted by Gasteiger charge is 2.30. The van der Waals surface area contributed by atoms with Crippen molar-refractivity contribution in [2.75, 3.05) is 13.2 Å². The third kappa shape index (κ3) is 5.21. The number of carbonyl (C=O) groups is 1. The van der Waals surface area contributed by atoms with E-state index in [0.29, 0.717) is 40.5 Å². The van der Waals surface area contributed by atoms with E-state index in [1.54, 1.807) is 4.90 Å².